The molecular formula is C16H22N2O2S. The lowest BCUT2D eigenvalue weighted by Crippen LogP contribution is -2.09. The summed E-state index contributed by atoms with van der Waals surface area (Å²) in [6.07, 6.45) is 2.22. The van der Waals surface area contributed by atoms with Crippen LogP contribution in [0.3, 0.4) is 0 Å². The average Bonchev–Trinajstić information content (AvgIpc) is 2.80. The molecule has 1 aromatic carbocycles. The van der Waals surface area contributed by atoms with E-state index in [-0.39, 0.29) is 5.75 Å². The van der Waals surface area contributed by atoms with Crippen molar-refractivity contribution in [1.29, 1.82) is 0 Å². The monoisotopic (exact) mass is 306 g/mol. The van der Waals surface area contributed by atoms with E-state index in [1.54, 1.807) is 0 Å². The number of thioether (sulfide) groups is 1. The maximum Gasteiger partial charge on any atom is 0.313 e. The van der Waals surface area contributed by atoms with Crippen molar-refractivity contribution >= 4 is 28.8 Å². The van der Waals surface area contributed by atoms with E-state index < -0.39 is 5.97 Å². The molecule has 2 rings (SSSR count). The summed E-state index contributed by atoms with van der Waals surface area (Å²) >= 11 is 1.30. The lowest BCUT2D eigenvalue weighted by Gasteiger charge is -2.18. The minimum absolute atomic E-state index is 0.0419. The molecule has 0 saturated heterocycles. The SMILES string of the molecule is CC(C)CCC(C)n1c(SCC(=O)O)nc2ccccc21. The number of aliphatic carboxylic acids is 1. The second-order valence-corrected chi connectivity index (χ2v) is 6.70. The maximum absolute atomic E-state index is 10.8. The number of hydrogen-bond donors (Lipinski definition) is 1. The van der Waals surface area contributed by atoms with E-state index in [1.807, 2.05) is 18.2 Å². The van der Waals surface area contributed by atoms with Crippen LogP contribution in [0.2, 0.25) is 0 Å². The molecule has 0 fully saturated rings. The van der Waals surface area contributed by atoms with Gasteiger partial charge in [0.2, 0.25) is 0 Å². The number of para-hydroxylation sites is 2. The third-order valence-corrected chi connectivity index (χ3v) is 4.43. The zero-order chi connectivity index (χ0) is 15.4. The zero-order valence-corrected chi connectivity index (χ0v) is 13.6. The first kappa shape index (κ1) is 15.9. The van der Waals surface area contributed by atoms with Gasteiger partial charge in [-0.25, -0.2) is 4.98 Å². The normalized spacial score (nSPS) is 13.0. The molecule has 0 saturated carbocycles. The third-order valence-electron chi connectivity index (χ3n) is 3.49. The van der Waals surface area contributed by atoms with Gasteiger partial charge in [0, 0.05) is 6.04 Å². The van der Waals surface area contributed by atoms with Crippen molar-refractivity contribution in [3.8, 4) is 0 Å². The number of carboxylic acid groups (broad SMARTS) is 1. The molecule has 1 aromatic heterocycles. The van der Waals surface area contributed by atoms with Crippen LogP contribution in [0.4, 0.5) is 0 Å². The topological polar surface area (TPSA) is 55.1 Å². The van der Waals surface area contributed by atoms with Crippen LogP contribution in [-0.2, 0) is 4.79 Å². The first-order chi connectivity index (χ1) is 9.99. The highest BCUT2D eigenvalue weighted by Gasteiger charge is 2.17. The summed E-state index contributed by atoms with van der Waals surface area (Å²) in [5.74, 6) is -0.106. The van der Waals surface area contributed by atoms with Crippen LogP contribution in [0.5, 0.6) is 0 Å². The highest BCUT2D eigenvalue weighted by molar-refractivity contribution is 7.99. The molecule has 0 aliphatic carbocycles. The van der Waals surface area contributed by atoms with Crippen LogP contribution in [-0.4, -0.2) is 26.4 Å². The zero-order valence-electron chi connectivity index (χ0n) is 12.7. The quantitative estimate of drug-likeness (QED) is 0.779. The highest BCUT2D eigenvalue weighted by Crippen LogP contribution is 2.30. The van der Waals surface area contributed by atoms with Crippen molar-refractivity contribution in [2.75, 3.05) is 5.75 Å². The number of hydrogen-bond acceptors (Lipinski definition) is 3. The van der Waals surface area contributed by atoms with Gasteiger partial charge in [0.1, 0.15) is 0 Å². The van der Waals surface area contributed by atoms with Crippen molar-refractivity contribution in [3.63, 3.8) is 0 Å². The van der Waals surface area contributed by atoms with E-state index in [9.17, 15) is 4.79 Å². The average molecular weight is 306 g/mol. The molecule has 0 spiro atoms. The number of fused-ring (bicyclic) bond motifs is 1. The summed E-state index contributed by atoms with van der Waals surface area (Å²) < 4.78 is 2.19. The van der Waals surface area contributed by atoms with Gasteiger partial charge < -0.3 is 9.67 Å². The van der Waals surface area contributed by atoms with Crippen LogP contribution >= 0.6 is 11.8 Å². The van der Waals surface area contributed by atoms with Crippen molar-refractivity contribution < 1.29 is 9.90 Å². The summed E-state index contributed by atoms with van der Waals surface area (Å²) in [5.41, 5.74) is 2.02. The summed E-state index contributed by atoms with van der Waals surface area (Å²) in [6.45, 7) is 6.62. The van der Waals surface area contributed by atoms with Gasteiger partial charge in [0.25, 0.3) is 0 Å². The predicted molar refractivity (Wildman–Crippen MR) is 86.9 cm³/mol. The minimum Gasteiger partial charge on any atom is -0.481 e. The van der Waals surface area contributed by atoms with Gasteiger partial charge in [-0.05, 0) is 37.8 Å². The molecule has 114 valence electrons. The highest BCUT2D eigenvalue weighted by atomic mass is 32.2. The second-order valence-electron chi connectivity index (χ2n) is 5.76. The smallest absolute Gasteiger partial charge is 0.313 e. The molecule has 0 bridgehead atoms. The molecule has 5 heteroatoms. The van der Waals surface area contributed by atoms with Gasteiger partial charge in [0.15, 0.2) is 5.16 Å². The number of rotatable bonds is 7. The Labute approximate surface area is 129 Å². The molecule has 1 atom stereocenters. The number of nitrogens with zero attached hydrogens (tertiary/aromatic N) is 2. The molecule has 0 aliphatic heterocycles. The largest absolute Gasteiger partial charge is 0.481 e. The Kier molecular flexibility index (Phi) is 5.28. The van der Waals surface area contributed by atoms with E-state index in [1.165, 1.54) is 11.8 Å². The summed E-state index contributed by atoms with van der Waals surface area (Å²) in [6, 6.07) is 8.31. The fourth-order valence-electron chi connectivity index (χ4n) is 2.38. The molecule has 1 unspecified atom stereocenters. The molecule has 1 N–H and O–H groups in total. The molecule has 21 heavy (non-hydrogen) atoms. The van der Waals surface area contributed by atoms with E-state index in [4.69, 9.17) is 5.11 Å². The number of carboxylic acids is 1. The van der Waals surface area contributed by atoms with Crippen molar-refractivity contribution in [1.82, 2.24) is 9.55 Å². The predicted octanol–water partition coefficient (Wildman–Crippen LogP) is 4.21. The number of imidazole rings is 1. The van der Waals surface area contributed by atoms with Crippen LogP contribution in [0, 0.1) is 5.92 Å². The summed E-state index contributed by atoms with van der Waals surface area (Å²) in [7, 11) is 0. The van der Waals surface area contributed by atoms with Crippen LogP contribution in [0.15, 0.2) is 29.4 Å². The lowest BCUT2D eigenvalue weighted by atomic mass is 10.0. The molecule has 1 heterocycles. The van der Waals surface area contributed by atoms with E-state index >= 15 is 0 Å². The Hall–Kier alpha value is -1.49. The van der Waals surface area contributed by atoms with Crippen molar-refractivity contribution in [3.05, 3.63) is 24.3 Å². The van der Waals surface area contributed by atoms with E-state index in [0.717, 1.165) is 29.0 Å². The maximum atomic E-state index is 10.8. The Morgan fingerprint density at radius 3 is 2.67 bits per heavy atom. The van der Waals surface area contributed by atoms with Gasteiger partial charge in [-0.2, -0.15) is 0 Å². The molecule has 0 amide bonds. The van der Waals surface area contributed by atoms with Crippen molar-refractivity contribution in [2.45, 2.75) is 44.8 Å². The molecular weight excluding hydrogens is 284 g/mol. The number of aromatic nitrogens is 2. The van der Waals surface area contributed by atoms with Gasteiger partial charge in [0.05, 0.1) is 16.8 Å². The first-order valence-corrected chi connectivity index (χ1v) is 8.29. The molecule has 0 radical (unpaired) electrons. The lowest BCUT2D eigenvalue weighted by molar-refractivity contribution is -0.133. The van der Waals surface area contributed by atoms with Crippen LogP contribution in [0.25, 0.3) is 11.0 Å². The van der Waals surface area contributed by atoms with Crippen molar-refractivity contribution in [2.24, 2.45) is 5.92 Å². The van der Waals surface area contributed by atoms with Crippen LogP contribution < -0.4 is 0 Å². The van der Waals surface area contributed by atoms with Gasteiger partial charge >= 0.3 is 5.97 Å². The second kappa shape index (κ2) is 6.98. The van der Waals surface area contributed by atoms with Gasteiger partial charge in [-0.15, -0.1) is 0 Å². The summed E-state index contributed by atoms with van der Waals surface area (Å²) in [4.78, 5) is 15.4. The van der Waals surface area contributed by atoms with Crippen LogP contribution in [0.1, 0.15) is 39.7 Å². The first-order valence-electron chi connectivity index (χ1n) is 7.30. The Morgan fingerprint density at radius 2 is 2.00 bits per heavy atom. The summed E-state index contributed by atoms with van der Waals surface area (Å²) in [5, 5.41) is 9.70. The fourth-order valence-corrected chi connectivity index (χ4v) is 3.21. The number of carbonyl (C=O) groups is 1. The molecule has 2 aromatic rings. The van der Waals surface area contributed by atoms with E-state index in [2.05, 4.69) is 36.4 Å². The Morgan fingerprint density at radius 1 is 1.29 bits per heavy atom. The minimum atomic E-state index is -0.812. The third kappa shape index (κ3) is 4.00. The number of benzene rings is 1. The Bertz CT molecular complexity index is 622. The standard InChI is InChI=1S/C16H22N2O2S/c1-11(2)8-9-12(3)18-14-7-5-4-6-13(14)17-16(18)21-10-15(19)20/h4-7,11-12H,8-10H2,1-3H3,(H,19,20). The molecule has 4 nitrogen and oxygen atoms in total. The molecule has 0 aliphatic rings. The van der Waals surface area contributed by atoms with E-state index in [0.29, 0.717) is 12.0 Å². The van der Waals surface area contributed by atoms with Gasteiger partial charge in [-0.1, -0.05) is 37.7 Å². The Balaban J connectivity index is 2.32. The van der Waals surface area contributed by atoms with Gasteiger partial charge in [-0.3, -0.25) is 4.79 Å². The fraction of sp³-hybridized carbons (Fsp3) is 0.500.